The van der Waals surface area contributed by atoms with Crippen LogP contribution in [0.1, 0.15) is 11.1 Å². The van der Waals surface area contributed by atoms with Crippen molar-refractivity contribution in [3.8, 4) is 0 Å². The van der Waals surface area contributed by atoms with Gasteiger partial charge in [-0.25, -0.2) is 13.8 Å². The summed E-state index contributed by atoms with van der Waals surface area (Å²) in [6.07, 6.45) is 0. The van der Waals surface area contributed by atoms with Crippen molar-refractivity contribution in [1.82, 2.24) is 4.98 Å². The van der Waals surface area contributed by atoms with Gasteiger partial charge in [0.25, 0.3) is 0 Å². The van der Waals surface area contributed by atoms with E-state index in [1.807, 2.05) is 37.3 Å². The van der Waals surface area contributed by atoms with Crippen LogP contribution in [0.15, 0.2) is 48.5 Å². The first kappa shape index (κ1) is 13.5. The number of benzene rings is 2. The van der Waals surface area contributed by atoms with E-state index in [2.05, 4.69) is 10.3 Å². The Balaban J connectivity index is 1.88. The van der Waals surface area contributed by atoms with E-state index >= 15 is 0 Å². The lowest BCUT2D eigenvalue weighted by atomic mass is 10.1. The lowest BCUT2D eigenvalue weighted by Gasteiger charge is -2.11. The van der Waals surface area contributed by atoms with Crippen LogP contribution in [0.3, 0.4) is 0 Å². The summed E-state index contributed by atoms with van der Waals surface area (Å²) in [4.78, 5) is 4.51. The summed E-state index contributed by atoms with van der Waals surface area (Å²) in [5, 5.41) is 4.12. The third kappa shape index (κ3) is 2.84. The second-order valence-corrected chi connectivity index (χ2v) is 4.94. The molecule has 2 aromatic carbocycles. The molecule has 0 radical (unpaired) electrons. The van der Waals surface area contributed by atoms with Crippen LogP contribution in [0.5, 0.6) is 0 Å². The van der Waals surface area contributed by atoms with Gasteiger partial charge in [-0.2, -0.15) is 0 Å². The zero-order chi connectivity index (χ0) is 14.8. The molecule has 0 bridgehead atoms. The second-order valence-electron chi connectivity index (χ2n) is 4.94. The lowest BCUT2D eigenvalue weighted by Crippen LogP contribution is -2.05. The Morgan fingerprint density at radius 1 is 1.05 bits per heavy atom. The van der Waals surface area contributed by atoms with Crippen LogP contribution in [0, 0.1) is 18.6 Å². The molecule has 4 heteroatoms. The fraction of sp³-hybridized carbons (Fsp3) is 0.118. The monoisotopic (exact) mass is 284 g/mol. The molecule has 1 N–H and O–H groups in total. The summed E-state index contributed by atoms with van der Waals surface area (Å²) in [5.74, 6) is -0.198. The van der Waals surface area contributed by atoms with Crippen molar-refractivity contribution in [3.63, 3.8) is 0 Å². The Morgan fingerprint density at radius 3 is 2.71 bits per heavy atom. The van der Waals surface area contributed by atoms with E-state index in [4.69, 9.17) is 0 Å². The molecule has 0 saturated heterocycles. The van der Waals surface area contributed by atoms with E-state index < -0.39 is 11.6 Å². The molecule has 0 saturated carbocycles. The maximum atomic E-state index is 13.6. The number of anilines is 1. The van der Waals surface area contributed by atoms with Crippen LogP contribution < -0.4 is 5.32 Å². The molecule has 1 heterocycles. The van der Waals surface area contributed by atoms with Crippen molar-refractivity contribution in [3.05, 3.63) is 71.3 Å². The van der Waals surface area contributed by atoms with Gasteiger partial charge < -0.3 is 5.32 Å². The molecule has 3 rings (SSSR count). The fourth-order valence-corrected chi connectivity index (χ4v) is 2.26. The predicted octanol–water partition coefficient (Wildman–Crippen LogP) is 4.43. The summed E-state index contributed by atoms with van der Waals surface area (Å²) in [5.41, 5.74) is 2.11. The summed E-state index contributed by atoms with van der Waals surface area (Å²) < 4.78 is 26.7. The van der Waals surface area contributed by atoms with Crippen LogP contribution in [0.4, 0.5) is 14.6 Å². The number of rotatable bonds is 3. The summed E-state index contributed by atoms with van der Waals surface area (Å²) in [6, 6.07) is 13.2. The fourth-order valence-electron chi connectivity index (χ4n) is 2.26. The topological polar surface area (TPSA) is 24.9 Å². The number of fused-ring (bicyclic) bond motifs is 1. The van der Waals surface area contributed by atoms with E-state index in [9.17, 15) is 8.78 Å². The second kappa shape index (κ2) is 5.48. The minimum atomic E-state index is -0.448. The number of pyridine rings is 1. The number of hydrogen-bond acceptors (Lipinski definition) is 2. The number of nitrogens with one attached hydrogen (secondary N) is 1. The first-order valence-corrected chi connectivity index (χ1v) is 6.68. The highest BCUT2D eigenvalue weighted by Crippen LogP contribution is 2.20. The minimum absolute atomic E-state index is 0.190. The number of para-hydroxylation sites is 1. The van der Waals surface area contributed by atoms with Gasteiger partial charge in [0.15, 0.2) is 0 Å². The SMILES string of the molecule is Cc1cc2ccccc2nc1NCc1cc(F)ccc1F. The number of hydrogen-bond donors (Lipinski definition) is 1. The van der Waals surface area contributed by atoms with Crippen molar-refractivity contribution in [1.29, 1.82) is 0 Å². The standard InChI is InChI=1S/C17H14F2N2/c1-11-8-12-4-2-3-5-16(12)21-17(11)20-10-13-9-14(18)6-7-15(13)19/h2-9H,10H2,1H3,(H,20,21). The van der Waals surface area contributed by atoms with Gasteiger partial charge in [0.2, 0.25) is 0 Å². The van der Waals surface area contributed by atoms with E-state index in [-0.39, 0.29) is 12.1 Å². The maximum absolute atomic E-state index is 13.6. The molecular formula is C17H14F2N2. The first-order chi connectivity index (χ1) is 10.1. The Bertz CT molecular complexity index is 800. The van der Waals surface area contributed by atoms with E-state index in [0.717, 1.165) is 28.6 Å². The Labute approximate surface area is 121 Å². The number of nitrogens with zero attached hydrogens (tertiary/aromatic N) is 1. The summed E-state index contributed by atoms with van der Waals surface area (Å²) in [7, 11) is 0. The molecule has 21 heavy (non-hydrogen) atoms. The molecule has 0 unspecified atom stereocenters. The van der Waals surface area contributed by atoms with Gasteiger partial charge in [-0.3, -0.25) is 0 Å². The summed E-state index contributed by atoms with van der Waals surface area (Å²) >= 11 is 0. The van der Waals surface area contributed by atoms with Crippen LogP contribution in [0.2, 0.25) is 0 Å². The van der Waals surface area contributed by atoms with Crippen molar-refractivity contribution in [2.45, 2.75) is 13.5 Å². The number of aromatic nitrogens is 1. The molecule has 0 amide bonds. The van der Waals surface area contributed by atoms with E-state index in [1.165, 1.54) is 6.07 Å². The predicted molar refractivity (Wildman–Crippen MR) is 80.2 cm³/mol. The first-order valence-electron chi connectivity index (χ1n) is 6.68. The number of halogens is 2. The van der Waals surface area contributed by atoms with E-state index in [1.54, 1.807) is 0 Å². The zero-order valence-electron chi connectivity index (χ0n) is 11.5. The largest absolute Gasteiger partial charge is 0.366 e. The Morgan fingerprint density at radius 2 is 1.86 bits per heavy atom. The Hall–Kier alpha value is -2.49. The normalized spacial score (nSPS) is 10.8. The van der Waals surface area contributed by atoms with Gasteiger partial charge in [-0.05, 0) is 42.8 Å². The van der Waals surface area contributed by atoms with Crippen molar-refractivity contribution >= 4 is 16.7 Å². The third-order valence-corrected chi connectivity index (χ3v) is 3.37. The number of aryl methyl sites for hydroxylation is 1. The van der Waals surface area contributed by atoms with Crippen molar-refractivity contribution < 1.29 is 8.78 Å². The van der Waals surface area contributed by atoms with E-state index in [0.29, 0.717) is 5.82 Å². The van der Waals surface area contributed by atoms with Crippen LogP contribution >= 0.6 is 0 Å². The average Bonchev–Trinajstić information content (AvgIpc) is 2.48. The van der Waals surface area contributed by atoms with Gasteiger partial charge in [-0.1, -0.05) is 18.2 Å². The lowest BCUT2D eigenvalue weighted by molar-refractivity contribution is 0.587. The molecule has 0 aliphatic heterocycles. The molecule has 1 aromatic heterocycles. The van der Waals surface area contributed by atoms with Gasteiger partial charge in [0, 0.05) is 17.5 Å². The van der Waals surface area contributed by atoms with Gasteiger partial charge >= 0.3 is 0 Å². The van der Waals surface area contributed by atoms with Crippen LogP contribution in [-0.2, 0) is 6.54 Å². The molecule has 106 valence electrons. The maximum Gasteiger partial charge on any atom is 0.129 e. The molecule has 0 atom stereocenters. The molecule has 0 fully saturated rings. The van der Waals surface area contributed by atoms with Crippen molar-refractivity contribution in [2.75, 3.05) is 5.32 Å². The molecular weight excluding hydrogens is 270 g/mol. The third-order valence-electron chi connectivity index (χ3n) is 3.37. The van der Waals surface area contributed by atoms with Gasteiger partial charge in [-0.15, -0.1) is 0 Å². The van der Waals surface area contributed by atoms with Gasteiger partial charge in [0.05, 0.1) is 5.52 Å². The smallest absolute Gasteiger partial charge is 0.129 e. The highest BCUT2D eigenvalue weighted by Gasteiger charge is 2.06. The molecule has 0 aliphatic rings. The van der Waals surface area contributed by atoms with Crippen LogP contribution in [-0.4, -0.2) is 4.98 Å². The zero-order valence-corrected chi connectivity index (χ0v) is 11.5. The van der Waals surface area contributed by atoms with Crippen molar-refractivity contribution in [2.24, 2.45) is 0 Å². The minimum Gasteiger partial charge on any atom is -0.366 e. The molecule has 0 spiro atoms. The molecule has 3 aromatic rings. The Kier molecular flexibility index (Phi) is 3.52. The van der Waals surface area contributed by atoms with Gasteiger partial charge in [0.1, 0.15) is 17.5 Å². The summed E-state index contributed by atoms with van der Waals surface area (Å²) in [6.45, 7) is 2.12. The molecule has 0 aliphatic carbocycles. The quantitative estimate of drug-likeness (QED) is 0.769. The molecule has 2 nitrogen and oxygen atoms in total. The highest BCUT2D eigenvalue weighted by atomic mass is 19.1. The average molecular weight is 284 g/mol. The highest BCUT2D eigenvalue weighted by molar-refractivity contribution is 5.81. The van der Waals surface area contributed by atoms with Crippen LogP contribution in [0.25, 0.3) is 10.9 Å².